The Hall–Kier alpha value is -11.5. The first-order valence-electron chi connectivity index (χ1n) is 31.2. The minimum atomic E-state index is -0.282. The van der Waals surface area contributed by atoms with E-state index in [0.29, 0.717) is 0 Å². The lowest BCUT2D eigenvalue weighted by Gasteiger charge is -2.23. The Bertz CT molecular complexity index is 6260. The van der Waals surface area contributed by atoms with E-state index in [4.69, 9.17) is 13.3 Å². The van der Waals surface area contributed by atoms with E-state index in [1.807, 2.05) is 0 Å². The van der Waals surface area contributed by atoms with Crippen molar-refractivity contribution in [1.29, 1.82) is 0 Å². The summed E-state index contributed by atoms with van der Waals surface area (Å²) >= 11 is 0. The fraction of sp³-hybridized carbons (Fsp3) is 0.0345. The SMILES string of the molecule is CC1(C)c2cc(-c3ccc4c(c3)oc3cccc(-c5c6ccccc6c(-c6cccc7oc8ccc9ccccc9c8c67)c6ccccc56)c34)ccc2-c2c(-c3c4ccccc4c(-c4cccc5oc6ccc7ccccc7c6c45)c4ccccc34)cccc21. The van der Waals surface area contributed by atoms with Gasteiger partial charge in [-0.05, 0) is 191 Å². The molecule has 0 saturated carbocycles. The lowest BCUT2D eigenvalue weighted by atomic mass is 9.80. The van der Waals surface area contributed by atoms with Gasteiger partial charge < -0.3 is 13.3 Å². The first kappa shape index (κ1) is 49.6. The molecule has 90 heavy (non-hydrogen) atoms. The summed E-state index contributed by atoms with van der Waals surface area (Å²) in [6.45, 7) is 4.80. The second kappa shape index (κ2) is 18.3. The molecule has 0 N–H and O–H groups in total. The first-order valence-corrected chi connectivity index (χ1v) is 31.2. The van der Waals surface area contributed by atoms with E-state index in [-0.39, 0.29) is 5.41 Å². The van der Waals surface area contributed by atoms with Gasteiger partial charge in [0.15, 0.2) is 0 Å². The molecule has 0 unspecified atom stereocenters. The van der Waals surface area contributed by atoms with Crippen LogP contribution >= 0.6 is 0 Å². The number of hydrogen-bond acceptors (Lipinski definition) is 3. The van der Waals surface area contributed by atoms with Gasteiger partial charge in [-0.1, -0.05) is 244 Å². The highest BCUT2D eigenvalue weighted by Gasteiger charge is 2.38. The maximum absolute atomic E-state index is 7.00. The molecule has 1 aliphatic rings. The minimum absolute atomic E-state index is 0.282. The molecule has 0 atom stereocenters. The van der Waals surface area contributed by atoms with Crippen LogP contribution in [-0.4, -0.2) is 0 Å². The Balaban J connectivity index is 0.729. The third-order valence-electron chi connectivity index (χ3n) is 20.2. The molecule has 0 bridgehead atoms. The standard InChI is InChI=1S/C87H52O3/c1-87(2)69-35-15-31-65(77-55-23-7-11-27-59(55)79(60-28-12-8-24-56(60)77)67-33-17-37-72-85(67)83-53-21-5-3-19-49(53)41-45-74(83)88-72)81(69)63-43-39-51(47-70(63)87)52-40-44-64-76(48-52)90-71-36-16-32-66(82(64)71)78-57-25-9-13-29-61(57)80(62-30-14-10-26-58(62)78)68-34-18-38-73-86(68)84-54-22-6-4-20-50(54)42-46-75(84)89-73/h3-48H,1-2H3. The molecular weight excluding hydrogens is 1090 g/mol. The molecule has 0 amide bonds. The van der Waals surface area contributed by atoms with Crippen LogP contribution < -0.4 is 0 Å². The average Bonchev–Trinajstić information content (AvgIpc) is 1.52. The fourth-order valence-corrected chi connectivity index (χ4v) is 16.4. The van der Waals surface area contributed by atoms with Gasteiger partial charge in [0.2, 0.25) is 0 Å². The summed E-state index contributed by atoms with van der Waals surface area (Å²) in [5.41, 5.74) is 22.2. The van der Waals surface area contributed by atoms with E-state index in [1.165, 1.54) is 120 Å². The quantitative estimate of drug-likeness (QED) is 0.161. The number of benzene rings is 16. The van der Waals surface area contributed by atoms with E-state index < -0.39 is 0 Å². The molecule has 3 heterocycles. The summed E-state index contributed by atoms with van der Waals surface area (Å²) in [4.78, 5) is 0. The van der Waals surface area contributed by atoms with E-state index in [9.17, 15) is 0 Å². The summed E-state index contributed by atoms with van der Waals surface area (Å²) in [5.74, 6) is 0. The van der Waals surface area contributed by atoms with Crippen LogP contribution in [0.3, 0.4) is 0 Å². The van der Waals surface area contributed by atoms with Crippen LogP contribution in [0.1, 0.15) is 25.0 Å². The smallest absolute Gasteiger partial charge is 0.136 e. The summed E-state index contributed by atoms with van der Waals surface area (Å²) in [6, 6.07) is 103. The van der Waals surface area contributed by atoms with Crippen LogP contribution in [0.25, 0.3) is 197 Å². The van der Waals surface area contributed by atoms with Crippen molar-refractivity contribution in [2.75, 3.05) is 0 Å². The molecule has 0 aliphatic heterocycles. The van der Waals surface area contributed by atoms with Gasteiger partial charge >= 0.3 is 0 Å². The second-order valence-corrected chi connectivity index (χ2v) is 25.2. The molecule has 3 aromatic heterocycles. The van der Waals surface area contributed by atoms with Crippen LogP contribution in [0, 0.1) is 0 Å². The number of furan rings is 3. The van der Waals surface area contributed by atoms with Crippen molar-refractivity contribution in [3.8, 4) is 66.8 Å². The van der Waals surface area contributed by atoms with Gasteiger partial charge in [-0.15, -0.1) is 0 Å². The summed E-state index contributed by atoms with van der Waals surface area (Å²) < 4.78 is 20.4. The first-order chi connectivity index (χ1) is 44.4. The van der Waals surface area contributed by atoms with Gasteiger partial charge in [-0.2, -0.15) is 0 Å². The van der Waals surface area contributed by atoms with E-state index in [1.54, 1.807) is 0 Å². The maximum atomic E-state index is 7.00. The van der Waals surface area contributed by atoms with E-state index in [2.05, 4.69) is 293 Å². The molecule has 0 spiro atoms. The molecule has 16 aromatic carbocycles. The lowest BCUT2D eigenvalue weighted by molar-refractivity contribution is 0.660. The summed E-state index contributed by atoms with van der Waals surface area (Å²) in [7, 11) is 0. The van der Waals surface area contributed by atoms with Crippen molar-refractivity contribution < 1.29 is 13.3 Å². The summed E-state index contributed by atoms with van der Waals surface area (Å²) in [6.07, 6.45) is 0. The van der Waals surface area contributed by atoms with Crippen LogP contribution in [0.4, 0.5) is 0 Å². The number of hydrogen-bond donors (Lipinski definition) is 0. The lowest BCUT2D eigenvalue weighted by Crippen LogP contribution is -2.15. The molecular formula is C87H52O3. The Kier molecular flexibility index (Phi) is 10.1. The van der Waals surface area contributed by atoms with Crippen LogP contribution in [0.5, 0.6) is 0 Å². The Morgan fingerprint density at radius 1 is 0.211 bits per heavy atom. The summed E-state index contributed by atoms with van der Waals surface area (Å²) in [5, 5.41) is 21.2. The highest BCUT2D eigenvalue weighted by molar-refractivity contribution is 6.32. The van der Waals surface area contributed by atoms with Gasteiger partial charge in [-0.3, -0.25) is 0 Å². The Labute approximate surface area is 516 Å². The Morgan fingerprint density at radius 2 is 0.578 bits per heavy atom. The van der Waals surface area contributed by atoms with Crippen LogP contribution in [0.15, 0.2) is 292 Å². The Morgan fingerprint density at radius 3 is 1.07 bits per heavy atom. The third kappa shape index (κ3) is 6.73. The molecule has 1 aliphatic carbocycles. The van der Waals surface area contributed by atoms with Crippen molar-refractivity contribution in [2.24, 2.45) is 0 Å². The molecule has 0 saturated heterocycles. The minimum Gasteiger partial charge on any atom is -0.456 e. The van der Waals surface area contributed by atoms with Gasteiger partial charge in [0.25, 0.3) is 0 Å². The van der Waals surface area contributed by atoms with Crippen molar-refractivity contribution >= 4 is 130 Å². The number of fused-ring (bicyclic) bond motifs is 20. The highest BCUT2D eigenvalue weighted by atomic mass is 16.3. The van der Waals surface area contributed by atoms with Crippen LogP contribution in [-0.2, 0) is 5.41 Å². The van der Waals surface area contributed by atoms with Gasteiger partial charge in [-0.25, -0.2) is 0 Å². The maximum Gasteiger partial charge on any atom is 0.136 e. The predicted octanol–water partition coefficient (Wildman–Crippen LogP) is 24.9. The van der Waals surface area contributed by atoms with Gasteiger partial charge in [0.05, 0.1) is 0 Å². The number of rotatable bonds is 5. The van der Waals surface area contributed by atoms with E-state index >= 15 is 0 Å². The fourth-order valence-electron chi connectivity index (χ4n) is 16.4. The zero-order chi connectivity index (χ0) is 59.1. The molecule has 3 heteroatoms. The van der Waals surface area contributed by atoms with Gasteiger partial charge in [0.1, 0.15) is 33.5 Å². The molecule has 418 valence electrons. The molecule has 3 nitrogen and oxygen atoms in total. The normalized spacial score (nSPS) is 13.1. The van der Waals surface area contributed by atoms with E-state index in [0.717, 1.165) is 88.1 Å². The molecule has 20 rings (SSSR count). The predicted molar refractivity (Wildman–Crippen MR) is 378 cm³/mol. The van der Waals surface area contributed by atoms with Crippen molar-refractivity contribution in [1.82, 2.24) is 0 Å². The molecule has 0 fully saturated rings. The zero-order valence-corrected chi connectivity index (χ0v) is 49.3. The third-order valence-corrected chi connectivity index (χ3v) is 20.2. The van der Waals surface area contributed by atoms with Crippen molar-refractivity contribution in [3.63, 3.8) is 0 Å². The molecule has 0 radical (unpaired) electrons. The monoisotopic (exact) mass is 1140 g/mol. The largest absolute Gasteiger partial charge is 0.456 e. The van der Waals surface area contributed by atoms with Gasteiger partial charge in [0, 0.05) is 37.7 Å². The van der Waals surface area contributed by atoms with Crippen molar-refractivity contribution in [2.45, 2.75) is 19.3 Å². The topological polar surface area (TPSA) is 39.4 Å². The zero-order valence-electron chi connectivity index (χ0n) is 49.3. The van der Waals surface area contributed by atoms with Crippen molar-refractivity contribution in [3.05, 3.63) is 290 Å². The van der Waals surface area contributed by atoms with Crippen LogP contribution in [0.2, 0.25) is 0 Å². The average molecular weight is 1150 g/mol. The second-order valence-electron chi connectivity index (χ2n) is 25.2. The molecule has 19 aromatic rings. The highest BCUT2D eigenvalue weighted by Crippen LogP contribution is 2.57.